The highest BCUT2D eigenvalue weighted by Crippen LogP contribution is 2.32. The van der Waals surface area contributed by atoms with Crippen molar-refractivity contribution in [2.75, 3.05) is 25.0 Å². The van der Waals surface area contributed by atoms with E-state index in [1.54, 1.807) is 12.4 Å². The normalized spacial score (nSPS) is 17.8. The number of aryl methyl sites for hydroxylation is 1. The minimum absolute atomic E-state index is 0.104. The fourth-order valence-electron chi connectivity index (χ4n) is 2.72. The molecule has 1 fully saturated rings. The largest absolute Gasteiger partial charge is 0.385 e. The van der Waals surface area contributed by atoms with Crippen molar-refractivity contribution in [3.63, 3.8) is 0 Å². The van der Waals surface area contributed by atoms with Crippen molar-refractivity contribution in [3.05, 3.63) is 35.1 Å². The highest BCUT2D eigenvalue weighted by Gasteiger charge is 2.34. The van der Waals surface area contributed by atoms with E-state index in [4.69, 9.17) is 0 Å². The number of hydrogen-bond acceptors (Lipinski definition) is 7. The molecule has 1 aliphatic heterocycles. The van der Waals surface area contributed by atoms with Gasteiger partial charge in [0.1, 0.15) is 5.01 Å². The standard InChI is InChI=1S/C15H19N5O2S/c1-11-18-19-14(23-11)17-13(21)10-20-7-4-15(22,5-8-20)12-3-2-6-16-9-12/h2-3,6,9,22H,4-5,7-8,10H2,1H3,(H,17,19,21). The Balaban J connectivity index is 1.52. The Bertz CT molecular complexity index is 668. The number of carbonyl (C=O) groups excluding carboxylic acids is 1. The first-order valence-electron chi connectivity index (χ1n) is 7.50. The highest BCUT2D eigenvalue weighted by molar-refractivity contribution is 7.15. The number of pyridine rings is 1. The number of nitrogens with one attached hydrogen (secondary N) is 1. The molecule has 3 heterocycles. The summed E-state index contributed by atoms with van der Waals surface area (Å²) >= 11 is 1.36. The lowest BCUT2D eigenvalue weighted by Gasteiger charge is -2.37. The van der Waals surface area contributed by atoms with Gasteiger partial charge in [0.2, 0.25) is 11.0 Å². The minimum atomic E-state index is -0.850. The van der Waals surface area contributed by atoms with Crippen LogP contribution in [0.3, 0.4) is 0 Å². The molecule has 0 aromatic carbocycles. The molecule has 0 unspecified atom stereocenters. The van der Waals surface area contributed by atoms with Crippen LogP contribution < -0.4 is 5.32 Å². The number of aliphatic hydroxyl groups is 1. The molecule has 1 saturated heterocycles. The summed E-state index contributed by atoms with van der Waals surface area (Å²) in [7, 11) is 0. The Hall–Kier alpha value is -1.90. The molecular formula is C15H19N5O2S. The van der Waals surface area contributed by atoms with Gasteiger partial charge in [0.15, 0.2) is 0 Å². The number of likely N-dealkylation sites (tertiary alicyclic amines) is 1. The SMILES string of the molecule is Cc1nnc(NC(=O)CN2CCC(O)(c3cccnc3)CC2)s1. The van der Waals surface area contributed by atoms with Gasteiger partial charge < -0.3 is 5.11 Å². The van der Waals surface area contributed by atoms with Gasteiger partial charge >= 0.3 is 0 Å². The second-order valence-corrected chi connectivity index (χ2v) is 6.91. The summed E-state index contributed by atoms with van der Waals surface area (Å²) in [5.74, 6) is -0.104. The zero-order chi connectivity index (χ0) is 16.3. The summed E-state index contributed by atoms with van der Waals surface area (Å²) < 4.78 is 0. The van der Waals surface area contributed by atoms with E-state index >= 15 is 0 Å². The van der Waals surface area contributed by atoms with E-state index in [1.165, 1.54) is 11.3 Å². The van der Waals surface area contributed by atoms with Crippen LogP contribution in [0.15, 0.2) is 24.5 Å². The molecular weight excluding hydrogens is 314 g/mol. The second kappa shape index (κ2) is 6.69. The molecule has 0 spiro atoms. The highest BCUT2D eigenvalue weighted by atomic mass is 32.1. The second-order valence-electron chi connectivity index (χ2n) is 5.72. The molecule has 0 radical (unpaired) electrons. The van der Waals surface area contributed by atoms with Crippen LogP contribution in [0.1, 0.15) is 23.4 Å². The van der Waals surface area contributed by atoms with Crippen molar-refractivity contribution in [2.24, 2.45) is 0 Å². The average molecular weight is 333 g/mol. The number of amides is 1. The van der Waals surface area contributed by atoms with E-state index in [0.717, 1.165) is 10.6 Å². The van der Waals surface area contributed by atoms with Crippen molar-refractivity contribution in [1.82, 2.24) is 20.1 Å². The first-order chi connectivity index (χ1) is 11.0. The molecule has 0 aliphatic carbocycles. The Morgan fingerprint density at radius 3 is 2.83 bits per heavy atom. The van der Waals surface area contributed by atoms with Crippen molar-refractivity contribution in [1.29, 1.82) is 0 Å². The van der Waals surface area contributed by atoms with Gasteiger partial charge in [0.25, 0.3) is 0 Å². The van der Waals surface area contributed by atoms with Gasteiger partial charge in [0.05, 0.1) is 12.1 Å². The number of rotatable bonds is 4. The van der Waals surface area contributed by atoms with Crippen molar-refractivity contribution < 1.29 is 9.90 Å². The summed E-state index contributed by atoms with van der Waals surface area (Å²) in [6, 6.07) is 3.73. The van der Waals surface area contributed by atoms with Crippen LogP contribution in [-0.2, 0) is 10.4 Å². The van der Waals surface area contributed by atoms with E-state index in [0.29, 0.717) is 37.6 Å². The fourth-order valence-corrected chi connectivity index (χ4v) is 3.32. The van der Waals surface area contributed by atoms with Crippen LogP contribution in [0.2, 0.25) is 0 Å². The van der Waals surface area contributed by atoms with Crippen molar-refractivity contribution >= 4 is 22.4 Å². The zero-order valence-corrected chi connectivity index (χ0v) is 13.7. The van der Waals surface area contributed by atoms with Crippen molar-refractivity contribution in [2.45, 2.75) is 25.4 Å². The summed E-state index contributed by atoms with van der Waals surface area (Å²) in [4.78, 5) is 18.1. The van der Waals surface area contributed by atoms with E-state index < -0.39 is 5.60 Å². The van der Waals surface area contributed by atoms with Crippen LogP contribution in [0.5, 0.6) is 0 Å². The summed E-state index contributed by atoms with van der Waals surface area (Å²) in [5, 5.41) is 22.6. The maximum Gasteiger partial charge on any atom is 0.240 e. The summed E-state index contributed by atoms with van der Waals surface area (Å²) in [6.07, 6.45) is 4.58. The molecule has 0 saturated carbocycles. The molecule has 0 bridgehead atoms. The predicted octanol–water partition coefficient (Wildman–Crippen LogP) is 1.16. The molecule has 2 aromatic heterocycles. The quantitative estimate of drug-likeness (QED) is 0.872. The van der Waals surface area contributed by atoms with Gasteiger partial charge in [-0.1, -0.05) is 17.4 Å². The average Bonchev–Trinajstić information content (AvgIpc) is 2.95. The van der Waals surface area contributed by atoms with E-state index in [9.17, 15) is 9.90 Å². The third-order valence-electron chi connectivity index (χ3n) is 4.02. The minimum Gasteiger partial charge on any atom is -0.385 e. The summed E-state index contributed by atoms with van der Waals surface area (Å²) in [6.45, 7) is 3.46. The maximum atomic E-state index is 12.0. The van der Waals surface area contributed by atoms with Gasteiger partial charge in [-0.05, 0) is 25.8 Å². The monoisotopic (exact) mass is 333 g/mol. The first kappa shape index (κ1) is 16.0. The lowest BCUT2D eigenvalue weighted by molar-refractivity contribution is -0.118. The number of hydrogen-bond donors (Lipinski definition) is 2. The van der Waals surface area contributed by atoms with Crippen LogP contribution in [0.4, 0.5) is 5.13 Å². The number of carbonyl (C=O) groups is 1. The van der Waals surface area contributed by atoms with Crippen LogP contribution in [-0.4, -0.2) is 50.7 Å². The van der Waals surface area contributed by atoms with Gasteiger partial charge in [-0.25, -0.2) is 0 Å². The van der Waals surface area contributed by atoms with Gasteiger partial charge in [-0.3, -0.25) is 20.0 Å². The fraction of sp³-hybridized carbons (Fsp3) is 0.467. The third kappa shape index (κ3) is 3.90. The van der Waals surface area contributed by atoms with E-state index in [-0.39, 0.29) is 5.91 Å². The number of aromatic nitrogens is 3. The molecule has 3 rings (SSSR count). The zero-order valence-electron chi connectivity index (χ0n) is 12.9. The molecule has 0 atom stereocenters. The number of anilines is 1. The molecule has 2 N–H and O–H groups in total. The van der Waals surface area contributed by atoms with Crippen LogP contribution in [0.25, 0.3) is 0 Å². The molecule has 23 heavy (non-hydrogen) atoms. The van der Waals surface area contributed by atoms with Crippen molar-refractivity contribution in [3.8, 4) is 0 Å². The first-order valence-corrected chi connectivity index (χ1v) is 8.32. The lowest BCUT2D eigenvalue weighted by atomic mass is 9.85. The molecule has 7 nitrogen and oxygen atoms in total. The molecule has 1 aliphatic rings. The van der Waals surface area contributed by atoms with E-state index in [1.807, 2.05) is 24.0 Å². The Morgan fingerprint density at radius 1 is 1.43 bits per heavy atom. The van der Waals surface area contributed by atoms with Crippen LogP contribution in [0, 0.1) is 6.92 Å². The smallest absolute Gasteiger partial charge is 0.240 e. The van der Waals surface area contributed by atoms with Gasteiger partial charge in [-0.2, -0.15) is 0 Å². The Morgan fingerprint density at radius 2 is 2.22 bits per heavy atom. The summed E-state index contributed by atoms with van der Waals surface area (Å²) in [5.41, 5.74) is -0.00848. The van der Waals surface area contributed by atoms with Gasteiger partial charge in [-0.15, -0.1) is 10.2 Å². The Labute approximate surface area is 138 Å². The third-order valence-corrected chi connectivity index (χ3v) is 4.78. The van der Waals surface area contributed by atoms with E-state index in [2.05, 4.69) is 20.5 Å². The topological polar surface area (TPSA) is 91.2 Å². The number of piperidine rings is 1. The lowest BCUT2D eigenvalue weighted by Crippen LogP contribution is -2.45. The van der Waals surface area contributed by atoms with Gasteiger partial charge in [0, 0.05) is 31.0 Å². The molecule has 1 amide bonds. The molecule has 122 valence electrons. The Kier molecular flexibility index (Phi) is 4.65. The molecule has 8 heteroatoms. The van der Waals surface area contributed by atoms with Crippen LogP contribution >= 0.6 is 11.3 Å². The molecule has 2 aromatic rings. The predicted molar refractivity (Wildman–Crippen MR) is 87.1 cm³/mol. The number of nitrogens with zero attached hydrogens (tertiary/aromatic N) is 4. The maximum absolute atomic E-state index is 12.0.